The number of H-pyrrole nitrogens is 2. The van der Waals surface area contributed by atoms with Crippen LogP contribution >= 0.6 is 0 Å². The van der Waals surface area contributed by atoms with Gasteiger partial charge in [0, 0.05) is 17.2 Å². The number of imidazole rings is 1. The van der Waals surface area contributed by atoms with Crippen LogP contribution in [-0.4, -0.2) is 60.5 Å². The van der Waals surface area contributed by atoms with Gasteiger partial charge in [-0.15, -0.1) is 0 Å². The number of hydrogen-bond acceptors (Lipinski definition) is 8. The lowest BCUT2D eigenvalue weighted by Crippen LogP contribution is -2.45. The minimum atomic E-state index is -0.488. The van der Waals surface area contributed by atoms with Gasteiger partial charge in [-0.3, -0.25) is 4.98 Å². The molecule has 2 fully saturated rings. The summed E-state index contributed by atoms with van der Waals surface area (Å²) in [6.07, 6.45) is 5.30. The Labute approximate surface area is 158 Å². The molecule has 4 heterocycles. The number of nitrogens with one attached hydrogen (secondary N) is 3. The van der Waals surface area contributed by atoms with E-state index in [9.17, 15) is 9.90 Å². The second-order valence-corrected chi connectivity index (χ2v) is 7.69. The van der Waals surface area contributed by atoms with Gasteiger partial charge in [0.05, 0.1) is 25.5 Å². The Hall–Kier alpha value is -3.21. The zero-order valence-corrected chi connectivity index (χ0v) is 15.3. The Bertz CT molecular complexity index is 1220. The van der Waals surface area contributed by atoms with Crippen LogP contribution in [0.25, 0.3) is 11.7 Å². The molecular weight excluding hydrogens is 364 g/mol. The fourth-order valence-electron chi connectivity index (χ4n) is 3.00. The first-order valence-electron chi connectivity index (χ1n) is 9.13. The van der Waals surface area contributed by atoms with E-state index < -0.39 is 5.69 Å². The summed E-state index contributed by atoms with van der Waals surface area (Å²) in [7, 11) is 0. The van der Waals surface area contributed by atoms with Crippen molar-refractivity contribution in [1.82, 2.24) is 29.5 Å². The third kappa shape index (κ3) is 3.13. The monoisotopic (exact) mass is 384 g/mol. The standard InChI is InChI=1S/C17H20N8O3/c1-17(7-28-8-17)6-18-14-22-12-9(4-11-13(26)23-16(27)21-11)5-19-25(12)15(24-14)20-10-2-3-10/h4-5,10,26H,2-3,6-8H2,1H3,(H,18,20,24)(H2,21,23,27). The van der Waals surface area contributed by atoms with Crippen molar-refractivity contribution in [2.45, 2.75) is 25.8 Å². The first-order valence-corrected chi connectivity index (χ1v) is 9.13. The maximum atomic E-state index is 11.4. The van der Waals surface area contributed by atoms with E-state index in [-0.39, 0.29) is 23.0 Å². The first kappa shape index (κ1) is 16.9. The molecule has 0 unspecified atom stereocenters. The molecule has 146 valence electrons. The van der Waals surface area contributed by atoms with Crippen LogP contribution < -0.4 is 21.8 Å². The number of anilines is 1. The van der Waals surface area contributed by atoms with Gasteiger partial charge < -0.3 is 20.1 Å². The lowest BCUT2D eigenvalue weighted by atomic mass is 9.89. The minimum absolute atomic E-state index is 0.0644. The Morgan fingerprint density at radius 3 is 2.89 bits per heavy atom. The molecule has 2 aliphatic rings. The molecule has 1 aliphatic carbocycles. The van der Waals surface area contributed by atoms with Gasteiger partial charge in [-0.2, -0.15) is 19.6 Å². The largest absolute Gasteiger partial charge is 0.493 e. The molecule has 3 aromatic heterocycles. The number of nitrogens with zero attached hydrogens (tertiary/aromatic N) is 5. The van der Waals surface area contributed by atoms with Crippen molar-refractivity contribution in [2.75, 3.05) is 25.1 Å². The third-order valence-corrected chi connectivity index (χ3v) is 4.83. The van der Waals surface area contributed by atoms with Crippen LogP contribution in [-0.2, 0) is 4.74 Å². The van der Waals surface area contributed by atoms with Crippen molar-refractivity contribution >= 4 is 17.7 Å². The van der Waals surface area contributed by atoms with Crippen molar-refractivity contribution in [1.29, 1.82) is 0 Å². The highest BCUT2D eigenvalue weighted by Crippen LogP contribution is 2.26. The molecule has 0 spiro atoms. The predicted molar refractivity (Wildman–Crippen MR) is 98.6 cm³/mol. The lowest BCUT2D eigenvalue weighted by molar-refractivity contribution is -0.0925. The summed E-state index contributed by atoms with van der Waals surface area (Å²) in [5.41, 5.74) is 0.852. The van der Waals surface area contributed by atoms with Gasteiger partial charge in [0.2, 0.25) is 11.8 Å². The number of rotatable bonds is 5. The Morgan fingerprint density at radius 2 is 2.25 bits per heavy atom. The van der Waals surface area contributed by atoms with Crippen molar-refractivity contribution in [2.24, 2.45) is 10.4 Å². The highest BCUT2D eigenvalue weighted by molar-refractivity contribution is 5.57. The van der Waals surface area contributed by atoms with E-state index in [0.29, 0.717) is 42.2 Å². The molecular formula is C17H20N8O3. The lowest BCUT2D eigenvalue weighted by Gasteiger charge is -2.37. The number of aromatic nitrogens is 6. The highest BCUT2D eigenvalue weighted by Gasteiger charge is 2.33. The van der Waals surface area contributed by atoms with Crippen LogP contribution in [0.5, 0.6) is 5.88 Å². The summed E-state index contributed by atoms with van der Waals surface area (Å²) >= 11 is 0. The van der Waals surface area contributed by atoms with Crippen molar-refractivity contribution < 1.29 is 9.84 Å². The minimum Gasteiger partial charge on any atom is -0.493 e. The van der Waals surface area contributed by atoms with Crippen LogP contribution in [0, 0.1) is 5.41 Å². The quantitative estimate of drug-likeness (QED) is 0.437. The number of ether oxygens (including phenoxy) is 1. The molecule has 0 bridgehead atoms. The molecule has 4 N–H and O–H groups in total. The van der Waals surface area contributed by atoms with E-state index in [1.54, 1.807) is 16.8 Å². The van der Waals surface area contributed by atoms with Crippen LogP contribution in [0.4, 0.5) is 5.95 Å². The fraction of sp³-hybridized carbons (Fsp3) is 0.471. The van der Waals surface area contributed by atoms with Gasteiger partial charge in [0.25, 0.3) is 5.62 Å². The van der Waals surface area contributed by atoms with Crippen LogP contribution in [0.15, 0.2) is 16.0 Å². The number of fused-ring (bicyclic) bond motifs is 1. The maximum Gasteiger partial charge on any atom is 0.326 e. The van der Waals surface area contributed by atoms with E-state index in [0.717, 1.165) is 12.8 Å². The second-order valence-electron chi connectivity index (χ2n) is 7.69. The molecule has 3 aromatic rings. The van der Waals surface area contributed by atoms with Gasteiger partial charge in [0.15, 0.2) is 5.65 Å². The van der Waals surface area contributed by atoms with Crippen molar-refractivity contribution in [3.63, 3.8) is 0 Å². The van der Waals surface area contributed by atoms with E-state index >= 15 is 0 Å². The van der Waals surface area contributed by atoms with E-state index in [4.69, 9.17) is 4.74 Å². The Morgan fingerprint density at radius 1 is 1.43 bits per heavy atom. The maximum absolute atomic E-state index is 11.4. The molecule has 1 saturated heterocycles. The molecule has 11 heteroatoms. The summed E-state index contributed by atoms with van der Waals surface area (Å²) in [6, 6.07) is 0.269. The predicted octanol–water partition coefficient (Wildman–Crippen LogP) is -1.09. The van der Waals surface area contributed by atoms with Gasteiger partial charge in [-0.1, -0.05) is 6.92 Å². The van der Waals surface area contributed by atoms with Crippen LogP contribution in [0.1, 0.15) is 25.5 Å². The average Bonchev–Trinajstić information content (AvgIpc) is 3.27. The summed E-state index contributed by atoms with van der Waals surface area (Å²) < 4.78 is 6.87. The summed E-state index contributed by atoms with van der Waals surface area (Å²) in [6.45, 7) is 4.23. The summed E-state index contributed by atoms with van der Waals surface area (Å²) in [5, 5.41) is 18.1. The van der Waals surface area contributed by atoms with Gasteiger partial charge in [0.1, 0.15) is 5.69 Å². The highest BCUT2D eigenvalue weighted by atomic mass is 16.5. The topological polar surface area (TPSA) is 146 Å². The molecule has 28 heavy (non-hydrogen) atoms. The fourth-order valence-corrected chi connectivity index (χ4v) is 3.00. The van der Waals surface area contributed by atoms with E-state index in [2.05, 4.69) is 42.3 Å². The normalized spacial score (nSPS) is 19.9. The molecule has 0 aromatic carbocycles. The first-order chi connectivity index (χ1) is 13.5. The van der Waals surface area contributed by atoms with Crippen LogP contribution in [0.3, 0.4) is 0 Å². The smallest absolute Gasteiger partial charge is 0.326 e. The summed E-state index contributed by atoms with van der Waals surface area (Å²) in [5.74, 6) is 0.222. The van der Waals surface area contributed by atoms with E-state index in [1.807, 2.05) is 0 Å². The van der Waals surface area contributed by atoms with Gasteiger partial charge >= 0.3 is 5.69 Å². The third-order valence-electron chi connectivity index (χ3n) is 4.83. The van der Waals surface area contributed by atoms with Crippen LogP contribution in [0.2, 0.25) is 0 Å². The molecule has 11 nitrogen and oxygen atoms in total. The SMILES string of the molecule is CC1(CNc2nc(=NC3CC3)n3ncc(=Cc4[nH]c(=O)[nH]c4O)c3n2)COC1. The zero-order chi connectivity index (χ0) is 19.3. The van der Waals surface area contributed by atoms with Gasteiger partial charge in [-0.05, 0) is 18.9 Å². The number of aromatic amines is 2. The van der Waals surface area contributed by atoms with Crippen molar-refractivity contribution in [3.05, 3.63) is 33.2 Å². The molecule has 5 rings (SSSR count). The van der Waals surface area contributed by atoms with E-state index in [1.165, 1.54) is 0 Å². The van der Waals surface area contributed by atoms with Gasteiger partial charge in [-0.25, -0.2) is 9.79 Å². The molecule has 0 amide bonds. The average molecular weight is 384 g/mol. The molecule has 1 aliphatic heterocycles. The Kier molecular flexibility index (Phi) is 3.72. The van der Waals surface area contributed by atoms with Crippen molar-refractivity contribution in [3.8, 4) is 5.88 Å². The number of aromatic hydroxyl groups is 1. The summed E-state index contributed by atoms with van der Waals surface area (Å²) in [4.78, 5) is 29.9. The zero-order valence-electron chi connectivity index (χ0n) is 15.3. The Balaban J connectivity index is 1.61. The second kappa shape index (κ2) is 6.16. The molecule has 0 atom stereocenters. The number of hydrogen-bond donors (Lipinski definition) is 4. The molecule has 0 radical (unpaired) electrons. The molecule has 1 saturated carbocycles.